The van der Waals surface area contributed by atoms with Crippen molar-refractivity contribution in [1.82, 2.24) is 10.2 Å². The van der Waals surface area contributed by atoms with Crippen LogP contribution in [-0.4, -0.2) is 34.6 Å². The number of nitrogens with zero attached hydrogens (tertiary/aromatic N) is 1. The van der Waals surface area contributed by atoms with E-state index < -0.39 is 6.04 Å². The molecule has 38 heavy (non-hydrogen) atoms. The number of hydrogen-bond donors (Lipinski definition) is 1. The van der Waals surface area contributed by atoms with Gasteiger partial charge in [0.2, 0.25) is 11.8 Å². The maximum atomic E-state index is 13.8. The van der Waals surface area contributed by atoms with E-state index in [-0.39, 0.29) is 30.2 Å². The third-order valence-electron chi connectivity index (χ3n) is 6.44. The summed E-state index contributed by atoms with van der Waals surface area (Å²) in [6.45, 7) is 8.28. The van der Waals surface area contributed by atoms with Crippen molar-refractivity contribution in [2.24, 2.45) is 0 Å². The van der Waals surface area contributed by atoms with Crippen molar-refractivity contribution in [1.29, 1.82) is 0 Å². The fourth-order valence-corrected chi connectivity index (χ4v) is 5.70. The zero-order valence-corrected chi connectivity index (χ0v) is 24.8. The van der Waals surface area contributed by atoms with Crippen LogP contribution in [0, 0.1) is 13.8 Å². The van der Waals surface area contributed by atoms with Crippen molar-refractivity contribution in [2.45, 2.75) is 64.9 Å². The Morgan fingerprint density at radius 1 is 0.921 bits per heavy atom. The standard InChI is InChI=1S/C31H36Cl2N2O2S/c1-5-23(4)34-31(37)29(17-24-10-7-6-8-11-24)35(18-26-27(32)12-9-13-28(26)33)30(36)20-38-19-25-15-21(2)14-22(3)16-25/h6-16,23,29H,5,17-20H2,1-4H3,(H,34,37)/t23-,29-/m1/s1. The van der Waals surface area contributed by atoms with E-state index in [1.54, 1.807) is 34.9 Å². The molecular formula is C31H36Cl2N2O2S. The van der Waals surface area contributed by atoms with Crippen molar-refractivity contribution in [2.75, 3.05) is 5.75 Å². The first-order valence-electron chi connectivity index (χ1n) is 12.9. The highest BCUT2D eigenvalue weighted by Crippen LogP contribution is 2.28. The van der Waals surface area contributed by atoms with Crippen LogP contribution in [0.2, 0.25) is 10.0 Å². The van der Waals surface area contributed by atoms with E-state index in [4.69, 9.17) is 23.2 Å². The monoisotopic (exact) mass is 570 g/mol. The Bertz CT molecular complexity index is 1200. The summed E-state index contributed by atoms with van der Waals surface area (Å²) in [7, 11) is 0. The summed E-state index contributed by atoms with van der Waals surface area (Å²) in [5, 5.41) is 4.03. The van der Waals surface area contributed by atoms with Crippen LogP contribution >= 0.6 is 35.0 Å². The van der Waals surface area contributed by atoms with Crippen molar-refractivity contribution in [3.63, 3.8) is 0 Å². The average molecular weight is 572 g/mol. The minimum absolute atomic E-state index is 0.0134. The molecule has 0 aliphatic heterocycles. The third-order valence-corrected chi connectivity index (χ3v) is 8.13. The SMILES string of the molecule is CC[C@@H](C)NC(=O)[C@@H](Cc1ccccc1)N(Cc1c(Cl)cccc1Cl)C(=O)CSCc1cc(C)cc(C)c1. The van der Waals surface area contributed by atoms with E-state index in [0.29, 0.717) is 27.8 Å². The smallest absolute Gasteiger partial charge is 0.243 e. The molecule has 2 atom stereocenters. The second-order valence-corrected chi connectivity index (χ2v) is 11.5. The second kappa shape index (κ2) is 14.6. The van der Waals surface area contributed by atoms with Crippen molar-refractivity contribution in [3.05, 3.63) is 105 Å². The van der Waals surface area contributed by atoms with Crippen LogP contribution in [-0.2, 0) is 28.3 Å². The molecule has 0 aliphatic rings. The molecule has 0 spiro atoms. The number of halogens is 2. The number of amides is 2. The van der Waals surface area contributed by atoms with Gasteiger partial charge in [-0.2, -0.15) is 0 Å². The van der Waals surface area contributed by atoms with Gasteiger partial charge < -0.3 is 10.2 Å². The number of rotatable bonds is 12. The van der Waals surface area contributed by atoms with Crippen LogP contribution in [0.3, 0.4) is 0 Å². The number of benzene rings is 3. The van der Waals surface area contributed by atoms with Crippen LogP contribution in [0.4, 0.5) is 0 Å². The van der Waals surface area contributed by atoms with Gasteiger partial charge in [0.1, 0.15) is 6.04 Å². The lowest BCUT2D eigenvalue weighted by atomic mass is 10.0. The molecule has 0 unspecified atom stereocenters. The highest BCUT2D eigenvalue weighted by atomic mass is 35.5. The topological polar surface area (TPSA) is 49.4 Å². The summed E-state index contributed by atoms with van der Waals surface area (Å²) in [6.07, 6.45) is 1.18. The predicted octanol–water partition coefficient (Wildman–Crippen LogP) is 7.40. The van der Waals surface area contributed by atoms with Crippen LogP contribution in [0.5, 0.6) is 0 Å². The fourth-order valence-electron chi connectivity index (χ4n) is 4.34. The van der Waals surface area contributed by atoms with Gasteiger partial charge in [0.15, 0.2) is 0 Å². The Morgan fingerprint density at radius 3 is 2.16 bits per heavy atom. The summed E-state index contributed by atoms with van der Waals surface area (Å²) >= 11 is 14.6. The van der Waals surface area contributed by atoms with Crippen LogP contribution in [0.25, 0.3) is 0 Å². The highest BCUT2D eigenvalue weighted by molar-refractivity contribution is 7.99. The van der Waals surface area contributed by atoms with Gasteiger partial charge in [-0.3, -0.25) is 9.59 Å². The summed E-state index contributed by atoms with van der Waals surface area (Å²) in [5.41, 5.74) is 5.19. The van der Waals surface area contributed by atoms with Gasteiger partial charge in [0.25, 0.3) is 0 Å². The minimum Gasteiger partial charge on any atom is -0.352 e. The molecule has 0 aliphatic carbocycles. The second-order valence-electron chi connectivity index (χ2n) is 9.73. The summed E-state index contributed by atoms with van der Waals surface area (Å²) in [4.78, 5) is 29.1. The molecule has 2 amide bonds. The number of carbonyl (C=O) groups excluding carboxylic acids is 2. The Morgan fingerprint density at radius 2 is 1.55 bits per heavy atom. The van der Waals surface area contributed by atoms with Crippen molar-refractivity contribution >= 4 is 46.8 Å². The molecule has 0 heterocycles. The molecule has 1 N–H and O–H groups in total. The number of nitrogens with one attached hydrogen (secondary N) is 1. The first-order valence-corrected chi connectivity index (χ1v) is 14.8. The van der Waals surface area contributed by atoms with Crippen LogP contribution in [0.15, 0.2) is 66.7 Å². The number of aryl methyl sites for hydroxylation is 2. The first kappa shape index (κ1) is 30.1. The molecular weight excluding hydrogens is 535 g/mol. The summed E-state index contributed by atoms with van der Waals surface area (Å²) in [6, 6.07) is 20.8. The van der Waals surface area contributed by atoms with Gasteiger partial charge in [-0.1, -0.05) is 95.8 Å². The fraction of sp³-hybridized carbons (Fsp3) is 0.355. The van der Waals surface area contributed by atoms with E-state index in [1.807, 2.05) is 44.2 Å². The largest absolute Gasteiger partial charge is 0.352 e. The molecule has 3 aromatic carbocycles. The molecule has 0 fully saturated rings. The maximum Gasteiger partial charge on any atom is 0.243 e. The molecule has 0 radical (unpaired) electrons. The number of hydrogen-bond acceptors (Lipinski definition) is 3. The van der Waals surface area contributed by atoms with Crippen LogP contribution in [0.1, 0.15) is 48.1 Å². The molecule has 4 nitrogen and oxygen atoms in total. The van der Waals surface area contributed by atoms with Gasteiger partial charge in [-0.25, -0.2) is 0 Å². The van der Waals surface area contributed by atoms with Crippen molar-refractivity contribution < 1.29 is 9.59 Å². The number of thioether (sulfide) groups is 1. The van der Waals surface area contributed by atoms with Gasteiger partial charge in [0.05, 0.1) is 5.75 Å². The minimum atomic E-state index is -0.715. The Hall–Kier alpha value is -2.47. The summed E-state index contributed by atoms with van der Waals surface area (Å²) < 4.78 is 0. The average Bonchev–Trinajstić information content (AvgIpc) is 2.87. The van der Waals surface area contributed by atoms with Gasteiger partial charge in [-0.05, 0) is 50.5 Å². The molecule has 0 bridgehead atoms. The third kappa shape index (κ3) is 8.79. The van der Waals surface area contributed by atoms with Crippen molar-refractivity contribution in [3.8, 4) is 0 Å². The molecule has 0 aromatic heterocycles. The molecule has 0 saturated heterocycles. The Labute approximate surface area is 241 Å². The Balaban J connectivity index is 1.91. The lowest BCUT2D eigenvalue weighted by Gasteiger charge is -2.32. The predicted molar refractivity (Wildman–Crippen MR) is 161 cm³/mol. The van der Waals surface area contributed by atoms with E-state index in [1.165, 1.54) is 16.7 Å². The van der Waals surface area contributed by atoms with E-state index >= 15 is 0 Å². The van der Waals surface area contributed by atoms with E-state index in [9.17, 15) is 9.59 Å². The highest BCUT2D eigenvalue weighted by Gasteiger charge is 2.31. The summed E-state index contributed by atoms with van der Waals surface area (Å²) in [5.74, 6) is 0.628. The van der Waals surface area contributed by atoms with Crippen LogP contribution < -0.4 is 5.32 Å². The number of carbonyl (C=O) groups is 2. The van der Waals surface area contributed by atoms with Gasteiger partial charge in [-0.15, -0.1) is 11.8 Å². The zero-order valence-electron chi connectivity index (χ0n) is 22.5. The van der Waals surface area contributed by atoms with Gasteiger partial charge >= 0.3 is 0 Å². The van der Waals surface area contributed by atoms with E-state index in [0.717, 1.165) is 12.0 Å². The molecule has 7 heteroatoms. The molecule has 202 valence electrons. The zero-order chi connectivity index (χ0) is 27.7. The molecule has 3 aromatic rings. The normalized spacial score (nSPS) is 12.6. The lowest BCUT2D eigenvalue weighted by molar-refractivity contribution is -0.139. The molecule has 3 rings (SSSR count). The lowest BCUT2D eigenvalue weighted by Crippen LogP contribution is -2.52. The maximum absolute atomic E-state index is 13.8. The molecule has 0 saturated carbocycles. The first-order chi connectivity index (χ1) is 18.2. The van der Waals surface area contributed by atoms with Gasteiger partial charge in [0, 0.05) is 40.4 Å². The van der Waals surface area contributed by atoms with E-state index in [2.05, 4.69) is 37.4 Å². The quantitative estimate of drug-likeness (QED) is 0.247. The Kier molecular flexibility index (Phi) is 11.6.